The van der Waals surface area contributed by atoms with Crippen molar-refractivity contribution >= 4 is 29.0 Å². The summed E-state index contributed by atoms with van der Waals surface area (Å²) < 4.78 is 11.2. The Morgan fingerprint density at radius 1 is 0.800 bits per heavy atom. The van der Waals surface area contributed by atoms with Gasteiger partial charge in [0.2, 0.25) is 0 Å². The molecule has 8 heteroatoms. The van der Waals surface area contributed by atoms with Crippen molar-refractivity contribution in [2.45, 2.75) is 33.7 Å². The van der Waals surface area contributed by atoms with Crippen molar-refractivity contribution in [3.8, 4) is 11.5 Å². The van der Waals surface area contributed by atoms with Crippen LogP contribution in [0.3, 0.4) is 0 Å². The molecule has 0 heterocycles. The molecule has 0 aromatic heterocycles. The SMILES string of the molecule is CCOc1cc(CNC(=O)Nc2ccc(CC)c(C(=O)Nc3ccccc3)c2)c(OCC)cc1N. The lowest BCUT2D eigenvalue weighted by Crippen LogP contribution is -2.28. The maximum atomic E-state index is 12.9. The van der Waals surface area contributed by atoms with Crippen molar-refractivity contribution in [2.75, 3.05) is 29.6 Å². The predicted molar refractivity (Wildman–Crippen MR) is 139 cm³/mol. The molecule has 184 valence electrons. The van der Waals surface area contributed by atoms with E-state index < -0.39 is 6.03 Å². The van der Waals surface area contributed by atoms with Crippen molar-refractivity contribution in [3.63, 3.8) is 0 Å². The van der Waals surface area contributed by atoms with Gasteiger partial charge in [-0.1, -0.05) is 31.2 Å². The van der Waals surface area contributed by atoms with Gasteiger partial charge in [-0.05, 0) is 56.2 Å². The third-order valence-corrected chi connectivity index (χ3v) is 5.26. The average molecular weight is 477 g/mol. The normalized spacial score (nSPS) is 10.4. The molecule has 0 bridgehead atoms. The van der Waals surface area contributed by atoms with Crippen LogP contribution >= 0.6 is 0 Å². The molecule has 0 saturated heterocycles. The summed E-state index contributed by atoms with van der Waals surface area (Å²) in [4.78, 5) is 25.5. The zero-order valence-electron chi connectivity index (χ0n) is 20.3. The number of para-hydroxylation sites is 1. The van der Waals surface area contributed by atoms with Crippen LogP contribution in [0.25, 0.3) is 0 Å². The summed E-state index contributed by atoms with van der Waals surface area (Å²) in [7, 11) is 0. The zero-order valence-corrected chi connectivity index (χ0v) is 20.3. The van der Waals surface area contributed by atoms with Crippen molar-refractivity contribution < 1.29 is 19.1 Å². The molecule has 0 atom stereocenters. The Bertz CT molecular complexity index is 1170. The van der Waals surface area contributed by atoms with E-state index in [9.17, 15) is 9.59 Å². The minimum Gasteiger partial charge on any atom is -0.493 e. The van der Waals surface area contributed by atoms with Crippen molar-refractivity contribution in [2.24, 2.45) is 0 Å². The molecule has 35 heavy (non-hydrogen) atoms. The fourth-order valence-electron chi connectivity index (χ4n) is 3.57. The molecule has 0 unspecified atom stereocenters. The van der Waals surface area contributed by atoms with Gasteiger partial charge in [-0.25, -0.2) is 4.79 Å². The molecule has 0 aliphatic carbocycles. The van der Waals surface area contributed by atoms with Crippen molar-refractivity contribution in [3.05, 3.63) is 77.4 Å². The number of rotatable bonds is 10. The first-order valence-corrected chi connectivity index (χ1v) is 11.7. The van der Waals surface area contributed by atoms with E-state index in [1.54, 1.807) is 24.3 Å². The average Bonchev–Trinajstić information content (AvgIpc) is 2.85. The molecule has 0 fully saturated rings. The highest BCUT2D eigenvalue weighted by Gasteiger charge is 2.14. The van der Waals surface area contributed by atoms with E-state index in [0.717, 1.165) is 11.1 Å². The van der Waals surface area contributed by atoms with E-state index in [-0.39, 0.29) is 12.5 Å². The number of nitrogens with two attached hydrogens (primary N) is 1. The molecule has 0 radical (unpaired) electrons. The summed E-state index contributed by atoms with van der Waals surface area (Å²) >= 11 is 0. The van der Waals surface area contributed by atoms with E-state index >= 15 is 0 Å². The first-order valence-electron chi connectivity index (χ1n) is 11.7. The maximum Gasteiger partial charge on any atom is 0.319 e. The first kappa shape index (κ1) is 25.4. The molecule has 3 rings (SSSR count). The Morgan fingerprint density at radius 3 is 2.20 bits per heavy atom. The molecule has 8 nitrogen and oxygen atoms in total. The molecule has 3 aromatic carbocycles. The summed E-state index contributed by atoms with van der Waals surface area (Å²) in [6, 6.07) is 17.6. The quantitative estimate of drug-likeness (QED) is 0.300. The molecule has 0 aliphatic rings. The van der Waals surface area contributed by atoms with E-state index in [1.807, 2.05) is 57.2 Å². The zero-order chi connectivity index (χ0) is 25.2. The highest BCUT2D eigenvalue weighted by Crippen LogP contribution is 2.31. The summed E-state index contributed by atoms with van der Waals surface area (Å²) in [5.41, 5.74) is 9.86. The smallest absolute Gasteiger partial charge is 0.319 e. The summed E-state index contributed by atoms with van der Waals surface area (Å²) in [5.74, 6) is 0.891. The minimum atomic E-state index is -0.416. The Balaban J connectivity index is 1.71. The molecular formula is C27H32N4O4. The number of carbonyl (C=O) groups excluding carboxylic acids is 2. The van der Waals surface area contributed by atoms with E-state index in [1.165, 1.54) is 0 Å². The van der Waals surface area contributed by atoms with Gasteiger partial charge in [-0.15, -0.1) is 0 Å². The number of anilines is 3. The van der Waals surface area contributed by atoms with Gasteiger partial charge in [-0.2, -0.15) is 0 Å². The first-order chi connectivity index (χ1) is 16.9. The summed E-state index contributed by atoms with van der Waals surface area (Å²) in [5, 5.41) is 8.52. The lowest BCUT2D eigenvalue weighted by molar-refractivity contribution is 0.102. The molecule has 0 saturated carbocycles. The lowest BCUT2D eigenvalue weighted by atomic mass is 10.0. The number of aryl methyl sites for hydroxylation is 1. The topological polar surface area (TPSA) is 115 Å². The Labute approximate surface area is 205 Å². The van der Waals surface area contributed by atoms with Gasteiger partial charge >= 0.3 is 6.03 Å². The number of benzene rings is 3. The predicted octanol–water partition coefficient (Wildman–Crippen LogP) is 5.20. The highest BCUT2D eigenvalue weighted by molar-refractivity contribution is 6.06. The van der Waals surface area contributed by atoms with Gasteiger partial charge in [0.25, 0.3) is 5.91 Å². The number of amides is 3. The van der Waals surface area contributed by atoms with Crippen LogP contribution in [0.5, 0.6) is 11.5 Å². The van der Waals surface area contributed by atoms with Gasteiger partial charge in [0.15, 0.2) is 0 Å². The number of ether oxygens (including phenoxy) is 2. The molecule has 3 aromatic rings. The van der Waals surface area contributed by atoms with Crippen LogP contribution in [0, 0.1) is 0 Å². The van der Waals surface area contributed by atoms with Gasteiger partial charge in [0.1, 0.15) is 11.5 Å². The van der Waals surface area contributed by atoms with Gasteiger partial charge in [0, 0.05) is 35.1 Å². The number of hydrogen-bond acceptors (Lipinski definition) is 5. The Morgan fingerprint density at radius 2 is 1.51 bits per heavy atom. The fraction of sp³-hybridized carbons (Fsp3) is 0.259. The number of urea groups is 1. The molecular weight excluding hydrogens is 444 g/mol. The van der Waals surface area contributed by atoms with Gasteiger partial charge in [0.05, 0.1) is 18.9 Å². The van der Waals surface area contributed by atoms with Crippen LogP contribution in [0.2, 0.25) is 0 Å². The fourth-order valence-corrected chi connectivity index (χ4v) is 3.57. The second kappa shape index (κ2) is 12.3. The van der Waals surface area contributed by atoms with Gasteiger partial charge in [-0.3, -0.25) is 4.79 Å². The Kier molecular flexibility index (Phi) is 8.95. The van der Waals surface area contributed by atoms with Crippen LogP contribution in [0.4, 0.5) is 21.9 Å². The number of hydrogen-bond donors (Lipinski definition) is 4. The Hall–Kier alpha value is -4.20. The van der Waals surface area contributed by atoms with Crippen LogP contribution in [-0.2, 0) is 13.0 Å². The van der Waals surface area contributed by atoms with Crippen LogP contribution < -0.4 is 31.2 Å². The second-order valence-corrected chi connectivity index (χ2v) is 7.72. The van der Waals surface area contributed by atoms with Crippen LogP contribution in [-0.4, -0.2) is 25.2 Å². The standard InChI is InChI=1S/C27H32N4O4/c1-4-18-12-13-21(15-22(18)26(32)30-20-10-8-7-9-11-20)31-27(33)29-17-19-14-25(35-6-3)23(28)16-24(19)34-5-2/h7-16H,4-6,17,28H2,1-3H3,(H,30,32)(H2,29,31,33). The highest BCUT2D eigenvalue weighted by atomic mass is 16.5. The van der Waals surface area contributed by atoms with Gasteiger partial charge < -0.3 is 31.2 Å². The summed E-state index contributed by atoms with van der Waals surface area (Å²) in [6.07, 6.45) is 0.684. The molecule has 0 spiro atoms. The largest absolute Gasteiger partial charge is 0.493 e. The van der Waals surface area contributed by atoms with Crippen LogP contribution in [0.1, 0.15) is 42.3 Å². The number of nitrogen functional groups attached to an aromatic ring is 1. The summed E-state index contributed by atoms with van der Waals surface area (Å²) in [6.45, 7) is 6.87. The third kappa shape index (κ3) is 6.89. The molecule has 0 aliphatic heterocycles. The van der Waals surface area contributed by atoms with E-state index in [2.05, 4.69) is 16.0 Å². The second-order valence-electron chi connectivity index (χ2n) is 7.72. The number of carbonyl (C=O) groups is 2. The third-order valence-electron chi connectivity index (χ3n) is 5.26. The van der Waals surface area contributed by atoms with E-state index in [4.69, 9.17) is 15.2 Å². The maximum absolute atomic E-state index is 12.9. The molecule has 3 amide bonds. The molecule has 5 N–H and O–H groups in total. The van der Waals surface area contributed by atoms with E-state index in [0.29, 0.717) is 53.8 Å². The lowest BCUT2D eigenvalue weighted by Gasteiger charge is -2.16. The number of nitrogens with one attached hydrogen (secondary N) is 3. The minimum absolute atomic E-state index is 0.204. The van der Waals surface area contributed by atoms with Crippen LogP contribution in [0.15, 0.2) is 60.7 Å². The monoisotopic (exact) mass is 476 g/mol. The van der Waals surface area contributed by atoms with Crippen molar-refractivity contribution in [1.82, 2.24) is 5.32 Å². The van der Waals surface area contributed by atoms with Crippen molar-refractivity contribution in [1.29, 1.82) is 0 Å².